The summed E-state index contributed by atoms with van der Waals surface area (Å²) in [5.74, 6) is 0.828. The van der Waals surface area contributed by atoms with Crippen LogP contribution >= 0.6 is 0 Å². The van der Waals surface area contributed by atoms with Gasteiger partial charge in [0.2, 0.25) is 0 Å². The van der Waals surface area contributed by atoms with Crippen molar-refractivity contribution in [2.75, 3.05) is 5.43 Å². The van der Waals surface area contributed by atoms with E-state index in [1.807, 2.05) is 6.92 Å². The molecule has 5 heteroatoms. The van der Waals surface area contributed by atoms with Gasteiger partial charge < -0.3 is 5.11 Å². The van der Waals surface area contributed by atoms with Crippen molar-refractivity contribution in [3.05, 3.63) is 48.4 Å². The Hall–Kier alpha value is -2.43. The van der Waals surface area contributed by atoms with Crippen LogP contribution in [0.3, 0.4) is 0 Å². The minimum Gasteiger partial charge on any atom is -0.508 e. The molecule has 0 amide bonds. The topological polar surface area (TPSA) is 70.4 Å². The predicted octanol–water partition coefficient (Wildman–Crippen LogP) is 2.02. The Morgan fingerprint density at radius 2 is 2.00 bits per heavy atom. The summed E-state index contributed by atoms with van der Waals surface area (Å²) >= 11 is 0. The average molecular weight is 228 g/mol. The molecule has 5 nitrogen and oxygen atoms in total. The van der Waals surface area contributed by atoms with Crippen LogP contribution < -0.4 is 5.43 Å². The monoisotopic (exact) mass is 228 g/mol. The second-order valence-electron chi connectivity index (χ2n) is 3.45. The average Bonchev–Trinajstić information content (AvgIpc) is 2.38. The molecule has 0 bridgehead atoms. The van der Waals surface area contributed by atoms with Crippen LogP contribution in [0.1, 0.15) is 12.5 Å². The molecular weight excluding hydrogens is 216 g/mol. The first-order chi connectivity index (χ1) is 8.25. The van der Waals surface area contributed by atoms with Crippen molar-refractivity contribution >= 4 is 11.5 Å². The highest BCUT2D eigenvalue weighted by atomic mass is 16.3. The van der Waals surface area contributed by atoms with Crippen molar-refractivity contribution in [3.63, 3.8) is 0 Å². The van der Waals surface area contributed by atoms with Gasteiger partial charge in [-0.15, -0.1) is 0 Å². The summed E-state index contributed by atoms with van der Waals surface area (Å²) in [7, 11) is 0. The fraction of sp³-hybridized carbons (Fsp3) is 0.0833. The molecule has 2 N–H and O–H groups in total. The maximum atomic E-state index is 9.17. The number of phenols is 1. The number of aromatic hydroxyl groups is 1. The molecular formula is C12H12N4O. The van der Waals surface area contributed by atoms with E-state index in [1.165, 1.54) is 0 Å². The number of nitrogens with zero attached hydrogens (tertiary/aromatic N) is 3. The number of nitrogens with one attached hydrogen (secondary N) is 1. The summed E-state index contributed by atoms with van der Waals surface area (Å²) in [6.45, 7) is 1.87. The van der Waals surface area contributed by atoms with Crippen molar-refractivity contribution in [1.82, 2.24) is 9.97 Å². The Morgan fingerprint density at radius 1 is 1.24 bits per heavy atom. The van der Waals surface area contributed by atoms with Gasteiger partial charge in [0.15, 0.2) is 5.82 Å². The largest absolute Gasteiger partial charge is 0.508 e. The van der Waals surface area contributed by atoms with Gasteiger partial charge in [0.1, 0.15) is 5.75 Å². The van der Waals surface area contributed by atoms with Crippen LogP contribution in [0.2, 0.25) is 0 Å². The Kier molecular flexibility index (Phi) is 3.30. The molecule has 0 aliphatic heterocycles. The fourth-order valence-corrected chi connectivity index (χ4v) is 1.27. The lowest BCUT2D eigenvalue weighted by molar-refractivity contribution is 0.475. The first-order valence-corrected chi connectivity index (χ1v) is 5.11. The van der Waals surface area contributed by atoms with E-state index in [9.17, 15) is 5.11 Å². The van der Waals surface area contributed by atoms with Gasteiger partial charge in [-0.3, -0.25) is 10.4 Å². The molecule has 0 radical (unpaired) electrons. The highest BCUT2D eigenvalue weighted by Gasteiger charge is 1.97. The standard InChI is InChI=1S/C12H12N4O/c1-9(10-2-4-11(17)5-3-10)15-16-12-8-13-6-7-14-12/h2-8,17H,1H3,(H,14,16)/b15-9-. The van der Waals surface area contributed by atoms with E-state index < -0.39 is 0 Å². The molecule has 1 aromatic carbocycles. The molecule has 2 rings (SSSR count). The van der Waals surface area contributed by atoms with E-state index in [-0.39, 0.29) is 5.75 Å². The van der Waals surface area contributed by atoms with Crippen LogP contribution in [0.15, 0.2) is 48.0 Å². The van der Waals surface area contributed by atoms with Crippen LogP contribution in [-0.2, 0) is 0 Å². The zero-order valence-corrected chi connectivity index (χ0v) is 9.33. The number of rotatable bonds is 3. The number of aromatic nitrogens is 2. The highest BCUT2D eigenvalue weighted by Crippen LogP contribution is 2.10. The van der Waals surface area contributed by atoms with Crippen molar-refractivity contribution in [1.29, 1.82) is 0 Å². The van der Waals surface area contributed by atoms with Gasteiger partial charge in [-0.25, -0.2) is 4.98 Å². The third-order valence-corrected chi connectivity index (χ3v) is 2.19. The number of anilines is 1. The van der Waals surface area contributed by atoms with E-state index in [0.29, 0.717) is 5.82 Å². The lowest BCUT2D eigenvalue weighted by Gasteiger charge is -2.02. The Morgan fingerprint density at radius 3 is 2.65 bits per heavy atom. The van der Waals surface area contributed by atoms with Crippen LogP contribution in [-0.4, -0.2) is 20.8 Å². The van der Waals surface area contributed by atoms with Crippen LogP contribution in [0, 0.1) is 0 Å². The molecule has 0 atom stereocenters. The SMILES string of the molecule is C/C(=N/Nc1cnccn1)c1ccc(O)cc1. The summed E-state index contributed by atoms with van der Waals surface area (Å²) in [6, 6.07) is 6.84. The van der Waals surface area contributed by atoms with E-state index in [2.05, 4.69) is 20.5 Å². The number of hydrogen-bond acceptors (Lipinski definition) is 5. The smallest absolute Gasteiger partial charge is 0.164 e. The van der Waals surface area contributed by atoms with Gasteiger partial charge in [-0.1, -0.05) is 0 Å². The van der Waals surface area contributed by atoms with Gasteiger partial charge in [0.05, 0.1) is 11.9 Å². The molecule has 17 heavy (non-hydrogen) atoms. The number of hydrazone groups is 1. The van der Waals surface area contributed by atoms with Gasteiger partial charge >= 0.3 is 0 Å². The summed E-state index contributed by atoms with van der Waals surface area (Å²) in [6.07, 6.45) is 4.78. The normalized spacial score (nSPS) is 11.2. The molecule has 0 fully saturated rings. The third kappa shape index (κ3) is 3.01. The summed E-state index contributed by atoms with van der Waals surface area (Å²) in [5, 5.41) is 13.3. The quantitative estimate of drug-likeness (QED) is 0.622. The maximum Gasteiger partial charge on any atom is 0.164 e. The minimum absolute atomic E-state index is 0.239. The lowest BCUT2D eigenvalue weighted by atomic mass is 10.1. The van der Waals surface area contributed by atoms with Crippen molar-refractivity contribution in [2.45, 2.75) is 6.92 Å². The van der Waals surface area contributed by atoms with Gasteiger partial charge in [0.25, 0.3) is 0 Å². The molecule has 1 aromatic heterocycles. The van der Waals surface area contributed by atoms with Gasteiger partial charge in [-0.2, -0.15) is 5.10 Å². The first-order valence-electron chi connectivity index (χ1n) is 5.11. The van der Waals surface area contributed by atoms with Crippen LogP contribution in [0.25, 0.3) is 0 Å². The van der Waals surface area contributed by atoms with Crippen molar-refractivity contribution in [2.24, 2.45) is 5.10 Å². The van der Waals surface area contributed by atoms with Gasteiger partial charge in [0, 0.05) is 12.4 Å². The molecule has 0 spiro atoms. The zero-order valence-electron chi connectivity index (χ0n) is 9.33. The Labute approximate surface area is 98.9 Å². The second-order valence-corrected chi connectivity index (χ2v) is 3.45. The number of benzene rings is 1. The van der Waals surface area contributed by atoms with E-state index in [0.717, 1.165) is 11.3 Å². The van der Waals surface area contributed by atoms with E-state index in [1.54, 1.807) is 42.9 Å². The third-order valence-electron chi connectivity index (χ3n) is 2.19. The zero-order chi connectivity index (χ0) is 12.1. The molecule has 86 valence electrons. The molecule has 0 saturated carbocycles. The van der Waals surface area contributed by atoms with Crippen LogP contribution in [0.4, 0.5) is 5.82 Å². The number of hydrogen-bond donors (Lipinski definition) is 2. The summed E-state index contributed by atoms with van der Waals surface area (Å²) in [5.41, 5.74) is 4.54. The number of phenolic OH excluding ortho intramolecular Hbond substituents is 1. The molecule has 0 saturated heterocycles. The molecule has 1 heterocycles. The van der Waals surface area contributed by atoms with Gasteiger partial charge in [-0.05, 0) is 36.8 Å². The molecule has 0 unspecified atom stereocenters. The summed E-state index contributed by atoms with van der Waals surface area (Å²) in [4.78, 5) is 7.96. The summed E-state index contributed by atoms with van der Waals surface area (Å²) < 4.78 is 0. The lowest BCUT2D eigenvalue weighted by Crippen LogP contribution is -2.00. The van der Waals surface area contributed by atoms with Crippen molar-refractivity contribution < 1.29 is 5.11 Å². The Balaban J connectivity index is 2.10. The van der Waals surface area contributed by atoms with Crippen LogP contribution in [0.5, 0.6) is 5.75 Å². The Bertz CT molecular complexity index is 508. The first kappa shape index (κ1) is 11.1. The fourth-order valence-electron chi connectivity index (χ4n) is 1.27. The molecule has 0 aliphatic carbocycles. The van der Waals surface area contributed by atoms with E-state index in [4.69, 9.17) is 0 Å². The molecule has 0 aliphatic rings. The molecule has 2 aromatic rings. The van der Waals surface area contributed by atoms with Crippen molar-refractivity contribution in [3.8, 4) is 5.75 Å². The highest BCUT2D eigenvalue weighted by molar-refractivity contribution is 5.99. The van der Waals surface area contributed by atoms with E-state index >= 15 is 0 Å². The second kappa shape index (κ2) is 5.07. The predicted molar refractivity (Wildman–Crippen MR) is 66.0 cm³/mol. The maximum absolute atomic E-state index is 9.17. The minimum atomic E-state index is 0.239.